The molecule has 1 unspecified atom stereocenters. The van der Waals surface area contributed by atoms with Crippen LogP contribution in [-0.4, -0.2) is 17.4 Å². The molecule has 1 aromatic carbocycles. The number of nitrogens with one attached hydrogen (secondary N) is 1. The molecule has 0 aliphatic carbocycles. The molecule has 0 aliphatic heterocycles. The Morgan fingerprint density at radius 1 is 1.37 bits per heavy atom. The molecule has 0 spiro atoms. The zero-order chi connectivity index (χ0) is 14.8. The maximum absolute atomic E-state index is 12.2. The Hall–Kier alpha value is -1.07. The number of benzene rings is 1. The minimum atomic E-state index is -1.11. The molecular formula is C13H16BrClN2O2. The maximum atomic E-state index is 12.2. The lowest BCUT2D eigenvalue weighted by Gasteiger charge is -2.31. The predicted octanol–water partition coefficient (Wildman–Crippen LogP) is 2.73. The molecule has 104 valence electrons. The van der Waals surface area contributed by atoms with Gasteiger partial charge in [0.15, 0.2) is 0 Å². The second-order valence-corrected chi connectivity index (χ2v) is 6.19. The molecule has 3 N–H and O–H groups in total. The van der Waals surface area contributed by atoms with Gasteiger partial charge in [-0.15, -0.1) is 0 Å². The van der Waals surface area contributed by atoms with E-state index in [1.54, 1.807) is 19.1 Å². The molecule has 6 heteroatoms. The van der Waals surface area contributed by atoms with E-state index < -0.39 is 17.4 Å². The van der Waals surface area contributed by atoms with Crippen molar-refractivity contribution in [2.24, 2.45) is 11.7 Å². The van der Waals surface area contributed by atoms with Crippen LogP contribution in [0.25, 0.3) is 0 Å². The van der Waals surface area contributed by atoms with Gasteiger partial charge in [0.2, 0.25) is 5.91 Å². The average molecular weight is 348 g/mol. The fourth-order valence-electron chi connectivity index (χ4n) is 1.48. The third-order valence-electron chi connectivity index (χ3n) is 3.16. The van der Waals surface area contributed by atoms with Crippen LogP contribution in [0.2, 0.25) is 5.02 Å². The lowest BCUT2D eigenvalue weighted by atomic mass is 9.87. The Balaban J connectivity index is 3.04. The highest BCUT2D eigenvalue weighted by Crippen LogP contribution is 2.21. The molecule has 0 aromatic heterocycles. The van der Waals surface area contributed by atoms with E-state index in [1.807, 2.05) is 13.8 Å². The van der Waals surface area contributed by atoms with Crippen LogP contribution in [0.5, 0.6) is 0 Å². The first-order valence-electron chi connectivity index (χ1n) is 5.75. The van der Waals surface area contributed by atoms with E-state index in [9.17, 15) is 9.59 Å². The number of carbonyl (C=O) groups is 2. The average Bonchev–Trinajstić information content (AvgIpc) is 2.26. The minimum Gasteiger partial charge on any atom is -0.368 e. The molecule has 0 radical (unpaired) electrons. The van der Waals surface area contributed by atoms with Crippen LogP contribution in [0.3, 0.4) is 0 Å². The molecule has 2 amide bonds. The van der Waals surface area contributed by atoms with E-state index >= 15 is 0 Å². The molecule has 4 nitrogen and oxygen atoms in total. The molecule has 1 aromatic rings. The van der Waals surface area contributed by atoms with Crippen molar-refractivity contribution >= 4 is 39.3 Å². The molecule has 0 heterocycles. The summed E-state index contributed by atoms with van der Waals surface area (Å²) in [5.41, 5.74) is 4.63. The van der Waals surface area contributed by atoms with Crippen LogP contribution in [-0.2, 0) is 4.79 Å². The van der Waals surface area contributed by atoms with Gasteiger partial charge in [-0.1, -0.05) is 41.4 Å². The van der Waals surface area contributed by atoms with Gasteiger partial charge in [0, 0.05) is 15.1 Å². The van der Waals surface area contributed by atoms with E-state index in [-0.39, 0.29) is 5.92 Å². The summed E-state index contributed by atoms with van der Waals surface area (Å²) in [5, 5.41) is 3.11. The fourth-order valence-corrected chi connectivity index (χ4v) is 2.34. The van der Waals surface area contributed by atoms with Gasteiger partial charge in [0.1, 0.15) is 5.54 Å². The van der Waals surface area contributed by atoms with Crippen molar-refractivity contribution in [2.45, 2.75) is 26.3 Å². The monoisotopic (exact) mass is 346 g/mol. The first kappa shape index (κ1) is 16.0. The summed E-state index contributed by atoms with van der Waals surface area (Å²) in [6, 6.07) is 4.83. The van der Waals surface area contributed by atoms with Crippen molar-refractivity contribution in [1.82, 2.24) is 5.32 Å². The number of hydrogen-bond donors (Lipinski definition) is 2. The smallest absolute Gasteiger partial charge is 0.252 e. The Kier molecular flexibility index (Phi) is 4.98. The molecule has 0 aliphatic rings. The van der Waals surface area contributed by atoms with Crippen molar-refractivity contribution in [3.63, 3.8) is 0 Å². The summed E-state index contributed by atoms with van der Waals surface area (Å²) in [7, 11) is 0. The van der Waals surface area contributed by atoms with Gasteiger partial charge in [-0.3, -0.25) is 9.59 Å². The lowest BCUT2D eigenvalue weighted by Crippen LogP contribution is -2.58. The molecule has 19 heavy (non-hydrogen) atoms. The van der Waals surface area contributed by atoms with Gasteiger partial charge in [-0.25, -0.2) is 0 Å². The van der Waals surface area contributed by atoms with Crippen molar-refractivity contribution in [2.75, 3.05) is 0 Å². The first-order valence-corrected chi connectivity index (χ1v) is 6.92. The number of hydrogen-bond acceptors (Lipinski definition) is 2. The maximum Gasteiger partial charge on any atom is 0.252 e. The molecule has 0 bridgehead atoms. The van der Waals surface area contributed by atoms with Gasteiger partial charge < -0.3 is 11.1 Å². The van der Waals surface area contributed by atoms with Crippen molar-refractivity contribution in [1.29, 1.82) is 0 Å². The highest BCUT2D eigenvalue weighted by molar-refractivity contribution is 9.10. The Bertz CT molecular complexity index is 499. The molecule has 0 fully saturated rings. The van der Waals surface area contributed by atoms with E-state index in [0.717, 1.165) is 0 Å². The van der Waals surface area contributed by atoms with Gasteiger partial charge >= 0.3 is 0 Å². The summed E-state index contributed by atoms with van der Waals surface area (Å²) < 4.78 is 0.690. The summed E-state index contributed by atoms with van der Waals surface area (Å²) in [6.07, 6.45) is 0. The van der Waals surface area contributed by atoms with Crippen molar-refractivity contribution in [3.05, 3.63) is 33.3 Å². The highest BCUT2D eigenvalue weighted by Gasteiger charge is 2.36. The Morgan fingerprint density at radius 2 is 1.95 bits per heavy atom. The second-order valence-electron chi connectivity index (χ2n) is 4.83. The van der Waals surface area contributed by atoms with E-state index in [1.165, 1.54) is 6.07 Å². The molecule has 0 saturated carbocycles. The van der Waals surface area contributed by atoms with Gasteiger partial charge in [0.25, 0.3) is 5.91 Å². The zero-order valence-electron chi connectivity index (χ0n) is 11.0. The quantitative estimate of drug-likeness (QED) is 0.879. The summed E-state index contributed by atoms with van der Waals surface area (Å²) in [5.74, 6) is -1.09. The van der Waals surface area contributed by atoms with E-state index in [4.69, 9.17) is 17.3 Å². The van der Waals surface area contributed by atoms with Crippen LogP contribution in [0, 0.1) is 5.92 Å². The largest absolute Gasteiger partial charge is 0.368 e. The normalized spacial score (nSPS) is 14.0. The van der Waals surface area contributed by atoms with Gasteiger partial charge in [-0.05, 0) is 31.0 Å². The van der Waals surface area contributed by atoms with E-state index in [0.29, 0.717) is 15.1 Å². The fraction of sp³-hybridized carbons (Fsp3) is 0.385. The summed E-state index contributed by atoms with van der Waals surface area (Å²) in [4.78, 5) is 23.7. The molecule has 0 saturated heterocycles. The molecule has 1 atom stereocenters. The number of nitrogens with two attached hydrogens (primary N) is 1. The topological polar surface area (TPSA) is 72.2 Å². The molecule has 1 rings (SSSR count). The number of halogens is 2. The number of primary amides is 1. The standard InChI is InChI=1S/C13H16BrClN2O2/c1-7(2)13(3,12(16)19)17-11(18)8-4-9(14)6-10(15)5-8/h4-7H,1-3H3,(H2,16,19)(H,17,18). The van der Waals surface area contributed by atoms with Crippen molar-refractivity contribution in [3.8, 4) is 0 Å². The summed E-state index contributed by atoms with van der Waals surface area (Å²) in [6.45, 7) is 5.25. The predicted molar refractivity (Wildman–Crippen MR) is 79.1 cm³/mol. The highest BCUT2D eigenvalue weighted by atomic mass is 79.9. The minimum absolute atomic E-state index is 0.128. The summed E-state index contributed by atoms with van der Waals surface area (Å²) >= 11 is 9.15. The van der Waals surface area contributed by atoms with Crippen molar-refractivity contribution < 1.29 is 9.59 Å². The van der Waals surface area contributed by atoms with Gasteiger partial charge in [0.05, 0.1) is 0 Å². The number of rotatable bonds is 4. The number of carbonyl (C=O) groups excluding carboxylic acids is 2. The van der Waals surface area contributed by atoms with Crippen LogP contribution in [0.15, 0.2) is 22.7 Å². The SMILES string of the molecule is CC(C)C(C)(NC(=O)c1cc(Cl)cc(Br)c1)C(N)=O. The zero-order valence-corrected chi connectivity index (χ0v) is 13.3. The van der Waals surface area contributed by atoms with Crippen LogP contribution in [0.1, 0.15) is 31.1 Å². The first-order chi connectivity index (χ1) is 8.66. The Morgan fingerprint density at radius 3 is 2.37 bits per heavy atom. The number of amides is 2. The third-order valence-corrected chi connectivity index (χ3v) is 3.84. The second kappa shape index (κ2) is 5.92. The van der Waals surface area contributed by atoms with Crippen LogP contribution < -0.4 is 11.1 Å². The van der Waals surface area contributed by atoms with Crippen LogP contribution in [0.4, 0.5) is 0 Å². The Labute approximate surface area is 125 Å². The van der Waals surface area contributed by atoms with Gasteiger partial charge in [-0.2, -0.15) is 0 Å². The molecular weight excluding hydrogens is 332 g/mol. The third kappa shape index (κ3) is 3.70. The lowest BCUT2D eigenvalue weighted by molar-refractivity contribution is -0.125. The van der Waals surface area contributed by atoms with Crippen LogP contribution >= 0.6 is 27.5 Å². The van der Waals surface area contributed by atoms with E-state index in [2.05, 4.69) is 21.2 Å².